The summed E-state index contributed by atoms with van der Waals surface area (Å²) >= 11 is 0. The summed E-state index contributed by atoms with van der Waals surface area (Å²) in [5.41, 5.74) is 0.222. The molecule has 6 nitrogen and oxygen atoms in total. The summed E-state index contributed by atoms with van der Waals surface area (Å²) in [5.74, 6) is -1.95. The van der Waals surface area contributed by atoms with Gasteiger partial charge < -0.3 is 14.7 Å². The number of aliphatic carboxylic acids is 1. The molecule has 0 heterocycles. The second kappa shape index (κ2) is 8.31. The number of benzene rings is 1. The third kappa shape index (κ3) is 7.99. The summed E-state index contributed by atoms with van der Waals surface area (Å²) in [7, 11) is 0. The van der Waals surface area contributed by atoms with Crippen LogP contribution in [0.1, 0.15) is 39.2 Å². The fourth-order valence-electron chi connectivity index (χ4n) is 1.94. The number of carboxylic acids is 1. The third-order valence-electron chi connectivity index (χ3n) is 2.86. The van der Waals surface area contributed by atoms with Crippen molar-refractivity contribution in [3.63, 3.8) is 0 Å². The normalized spacial score (nSPS) is 10.9. The molecule has 0 aliphatic heterocycles. The van der Waals surface area contributed by atoms with E-state index in [0.717, 1.165) is 5.56 Å². The van der Waals surface area contributed by atoms with Crippen molar-refractivity contribution in [2.45, 2.75) is 45.8 Å². The zero-order valence-corrected chi connectivity index (χ0v) is 13.7. The lowest BCUT2D eigenvalue weighted by Gasteiger charge is -2.25. The highest BCUT2D eigenvalue weighted by molar-refractivity contribution is 5.84. The summed E-state index contributed by atoms with van der Waals surface area (Å²) in [6.45, 7) is 5.28. The topological polar surface area (TPSA) is 83.9 Å². The Morgan fingerprint density at radius 1 is 1.09 bits per heavy atom. The fourth-order valence-corrected chi connectivity index (χ4v) is 1.94. The first-order valence-electron chi connectivity index (χ1n) is 7.43. The van der Waals surface area contributed by atoms with E-state index in [1.54, 1.807) is 20.8 Å². The molecule has 1 aromatic carbocycles. The lowest BCUT2D eigenvalue weighted by molar-refractivity contribution is -0.159. The van der Waals surface area contributed by atoms with Crippen LogP contribution in [0.4, 0.5) is 0 Å². The molecule has 1 N–H and O–H groups in total. The predicted octanol–water partition coefficient (Wildman–Crippen LogP) is 2.22. The van der Waals surface area contributed by atoms with Gasteiger partial charge in [0.2, 0.25) is 5.91 Å². The second-order valence-electron chi connectivity index (χ2n) is 6.22. The first-order chi connectivity index (χ1) is 10.7. The van der Waals surface area contributed by atoms with Gasteiger partial charge >= 0.3 is 11.9 Å². The molecule has 1 amide bonds. The molecule has 0 radical (unpaired) electrons. The van der Waals surface area contributed by atoms with E-state index in [9.17, 15) is 14.4 Å². The number of hydrogen-bond donors (Lipinski definition) is 1. The number of carboxylic acid groups (broad SMARTS) is 1. The highest BCUT2D eigenvalue weighted by Gasteiger charge is 2.22. The van der Waals surface area contributed by atoms with Gasteiger partial charge in [0.15, 0.2) is 0 Å². The molecule has 0 aliphatic carbocycles. The summed E-state index contributed by atoms with van der Waals surface area (Å²) in [6, 6.07) is 9.21. The molecule has 0 spiro atoms. The van der Waals surface area contributed by atoms with E-state index in [0.29, 0.717) is 0 Å². The van der Waals surface area contributed by atoms with Crippen LogP contribution in [-0.2, 0) is 25.7 Å². The van der Waals surface area contributed by atoms with Crippen molar-refractivity contribution in [3.8, 4) is 0 Å². The number of ether oxygens (including phenoxy) is 1. The monoisotopic (exact) mass is 321 g/mol. The molecule has 0 saturated heterocycles. The maximum atomic E-state index is 12.2. The molecule has 6 heteroatoms. The van der Waals surface area contributed by atoms with Crippen LogP contribution in [0.2, 0.25) is 0 Å². The van der Waals surface area contributed by atoms with Crippen molar-refractivity contribution < 1.29 is 24.2 Å². The maximum Gasteiger partial charge on any atom is 0.326 e. The summed E-state index contributed by atoms with van der Waals surface area (Å²) < 4.78 is 5.23. The van der Waals surface area contributed by atoms with E-state index in [-0.39, 0.29) is 31.8 Å². The van der Waals surface area contributed by atoms with E-state index in [4.69, 9.17) is 9.84 Å². The van der Waals surface area contributed by atoms with Crippen LogP contribution in [0.3, 0.4) is 0 Å². The first-order valence-corrected chi connectivity index (χ1v) is 7.43. The molecule has 0 saturated carbocycles. The van der Waals surface area contributed by atoms with E-state index >= 15 is 0 Å². The molecule has 0 aliphatic rings. The van der Waals surface area contributed by atoms with Crippen LogP contribution in [-0.4, -0.2) is 40.0 Å². The third-order valence-corrected chi connectivity index (χ3v) is 2.86. The molecule has 0 atom stereocenters. The Hall–Kier alpha value is -2.37. The van der Waals surface area contributed by atoms with Crippen LogP contribution in [0.15, 0.2) is 30.3 Å². The minimum Gasteiger partial charge on any atom is -0.481 e. The van der Waals surface area contributed by atoms with Gasteiger partial charge in [-0.2, -0.15) is 0 Å². The number of amides is 1. The smallest absolute Gasteiger partial charge is 0.326 e. The van der Waals surface area contributed by atoms with Crippen molar-refractivity contribution in [1.82, 2.24) is 4.90 Å². The summed E-state index contributed by atoms with van der Waals surface area (Å²) in [4.78, 5) is 36.1. The molecule has 23 heavy (non-hydrogen) atoms. The van der Waals surface area contributed by atoms with Gasteiger partial charge in [0.1, 0.15) is 12.1 Å². The van der Waals surface area contributed by atoms with E-state index in [2.05, 4.69) is 0 Å². The van der Waals surface area contributed by atoms with Gasteiger partial charge in [-0.15, -0.1) is 0 Å². The van der Waals surface area contributed by atoms with E-state index < -0.39 is 17.5 Å². The Kier molecular flexibility index (Phi) is 6.75. The number of carbonyl (C=O) groups is 3. The average molecular weight is 321 g/mol. The van der Waals surface area contributed by atoms with E-state index in [1.807, 2.05) is 30.3 Å². The number of esters is 1. The number of carbonyl (C=O) groups excluding carboxylic acids is 2. The zero-order chi connectivity index (χ0) is 17.5. The molecule has 0 bridgehead atoms. The van der Waals surface area contributed by atoms with Crippen LogP contribution in [0.25, 0.3) is 0 Å². The Morgan fingerprint density at radius 2 is 1.70 bits per heavy atom. The quantitative estimate of drug-likeness (QED) is 0.779. The summed E-state index contributed by atoms with van der Waals surface area (Å²) in [5, 5.41) is 8.71. The van der Waals surface area contributed by atoms with Gasteiger partial charge in [0.25, 0.3) is 0 Å². The van der Waals surface area contributed by atoms with Gasteiger partial charge in [0.05, 0.1) is 6.42 Å². The van der Waals surface area contributed by atoms with Gasteiger partial charge in [-0.3, -0.25) is 14.4 Å². The van der Waals surface area contributed by atoms with Crippen molar-refractivity contribution in [3.05, 3.63) is 35.9 Å². The highest BCUT2D eigenvalue weighted by Crippen LogP contribution is 2.11. The lowest BCUT2D eigenvalue weighted by atomic mass is 10.2. The van der Waals surface area contributed by atoms with Crippen LogP contribution >= 0.6 is 0 Å². The maximum absolute atomic E-state index is 12.2. The van der Waals surface area contributed by atoms with Crippen molar-refractivity contribution >= 4 is 17.8 Å². The molecule has 0 aromatic heterocycles. The largest absolute Gasteiger partial charge is 0.481 e. The number of rotatable bonds is 7. The van der Waals surface area contributed by atoms with E-state index in [1.165, 1.54) is 4.90 Å². The Balaban J connectivity index is 2.77. The average Bonchev–Trinajstić information content (AvgIpc) is 2.43. The van der Waals surface area contributed by atoms with Crippen molar-refractivity contribution in [1.29, 1.82) is 0 Å². The Bertz CT molecular complexity index is 548. The second-order valence-corrected chi connectivity index (χ2v) is 6.22. The number of hydrogen-bond acceptors (Lipinski definition) is 4. The highest BCUT2D eigenvalue weighted by atomic mass is 16.6. The van der Waals surface area contributed by atoms with Crippen LogP contribution in [0.5, 0.6) is 0 Å². The van der Waals surface area contributed by atoms with Crippen LogP contribution < -0.4 is 0 Å². The van der Waals surface area contributed by atoms with Crippen LogP contribution in [0, 0.1) is 0 Å². The SMILES string of the molecule is CC(C)(C)OC(=O)CN(Cc1ccccc1)C(=O)CCC(=O)O. The zero-order valence-electron chi connectivity index (χ0n) is 13.7. The predicted molar refractivity (Wildman–Crippen MR) is 84.6 cm³/mol. The fraction of sp³-hybridized carbons (Fsp3) is 0.471. The van der Waals surface area contributed by atoms with Crippen molar-refractivity contribution in [2.75, 3.05) is 6.54 Å². The molecule has 0 unspecified atom stereocenters. The van der Waals surface area contributed by atoms with Gasteiger partial charge in [0, 0.05) is 13.0 Å². The van der Waals surface area contributed by atoms with Gasteiger partial charge in [-0.25, -0.2) is 0 Å². The minimum absolute atomic E-state index is 0.148. The number of nitrogens with zero attached hydrogens (tertiary/aromatic N) is 1. The standard InChI is InChI=1S/C17H23NO5/c1-17(2,3)23-16(22)12-18(14(19)9-10-15(20)21)11-13-7-5-4-6-8-13/h4-8H,9-12H2,1-3H3,(H,20,21). The van der Waals surface area contributed by atoms with Gasteiger partial charge in [-0.05, 0) is 26.3 Å². The summed E-state index contributed by atoms with van der Waals surface area (Å²) in [6.07, 6.45) is -0.413. The Labute approximate surface area is 136 Å². The molecular weight excluding hydrogens is 298 g/mol. The molecule has 1 aromatic rings. The molecule has 126 valence electrons. The molecule has 0 fully saturated rings. The molecular formula is C17H23NO5. The lowest BCUT2D eigenvalue weighted by Crippen LogP contribution is -2.38. The Morgan fingerprint density at radius 3 is 2.22 bits per heavy atom. The van der Waals surface area contributed by atoms with Crippen molar-refractivity contribution in [2.24, 2.45) is 0 Å². The molecule has 1 rings (SSSR count). The first kappa shape index (κ1) is 18.7. The van der Waals surface area contributed by atoms with Gasteiger partial charge in [-0.1, -0.05) is 30.3 Å². The minimum atomic E-state index is -1.05.